The normalized spacial score (nSPS) is 20.5. The summed E-state index contributed by atoms with van der Waals surface area (Å²) >= 11 is 0. The lowest BCUT2D eigenvalue weighted by Crippen LogP contribution is -2.52. The van der Waals surface area contributed by atoms with E-state index in [1.807, 2.05) is 13.8 Å². The molecule has 0 aromatic carbocycles. The Labute approximate surface area is 139 Å². The molecule has 0 N–H and O–H groups in total. The molecule has 6 nitrogen and oxygen atoms in total. The quantitative estimate of drug-likeness (QED) is 0.785. The van der Waals surface area contributed by atoms with Gasteiger partial charge in [0.1, 0.15) is 0 Å². The molecule has 1 aromatic heterocycles. The number of aromatic nitrogens is 4. The summed E-state index contributed by atoms with van der Waals surface area (Å²) in [6.45, 7) is 9.34. The van der Waals surface area contributed by atoms with Gasteiger partial charge in [0.05, 0.1) is 25.3 Å². The molecule has 1 fully saturated rings. The topological polar surface area (TPSA) is 56.1 Å². The molecule has 0 bridgehead atoms. The lowest BCUT2D eigenvalue weighted by Gasteiger charge is -2.41. The number of morpholine rings is 1. The zero-order valence-electron chi connectivity index (χ0n) is 14.3. The Balaban J connectivity index is 2.24. The van der Waals surface area contributed by atoms with Gasteiger partial charge in [-0.1, -0.05) is 6.08 Å². The van der Waals surface area contributed by atoms with Crippen LogP contribution in [0.1, 0.15) is 33.5 Å². The summed E-state index contributed by atoms with van der Waals surface area (Å²) in [4.78, 5) is 2.16. The van der Waals surface area contributed by atoms with Gasteiger partial charge in [-0.05, 0) is 44.2 Å². The minimum atomic E-state index is -4.41. The predicted octanol–water partition coefficient (Wildman–Crippen LogP) is 2.65. The summed E-state index contributed by atoms with van der Waals surface area (Å²) in [6, 6.07) is 0. The van der Waals surface area contributed by atoms with Crippen LogP contribution in [-0.4, -0.2) is 56.6 Å². The number of hydrogen-bond donors (Lipinski definition) is 0. The van der Waals surface area contributed by atoms with E-state index in [9.17, 15) is 13.2 Å². The van der Waals surface area contributed by atoms with Crippen LogP contribution in [0.25, 0.3) is 5.70 Å². The lowest BCUT2D eigenvalue weighted by molar-refractivity contribution is -0.0883. The van der Waals surface area contributed by atoms with Crippen LogP contribution in [0.4, 0.5) is 13.2 Å². The number of tetrazole rings is 1. The first-order valence-electron chi connectivity index (χ1n) is 7.67. The molecule has 1 saturated heterocycles. The molecule has 134 valence electrons. The fourth-order valence-corrected chi connectivity index (χ4v) is 2.55. The molecule has 0 saturated carbocycles. The molecule has 2 heterocycles. The van der Waals surface area contributed by atoms with E-state index >= 15 is 0 Å². The maximum absolute atomic E-state index is 12.9. The van der Waals surface area contributed by atoms with Crippen LogP contribution in [0.2, 0.25) is 0 Å². The van der Waals surface area contributed by atoms with Gasteiger partial charge in [0.2, 0.25) is 0 Å². The number of rotatable bonds is 4. The molecule has 0 amide bonds. The molecule has 1 aliphatic rings. The van der Waals surface area contributed by atoms with Crippen molar-refractivity contribution in [1.29, 1.82) is 0 Å². The Morgan fingerprint density at radius 1 is 1.38 bits per heavy atom. The van der Waals surface area contributed by atoms with Crippen LogP contribution in [0, 0.1) is 0 Å². The van der Waals surface area contributed by atoms with Crippen LogP contribution >= 0.6 is 0 Å². The molecule has 0 radical (unpaired) electrons. The van der Waals surface area contributed by atoms with E-state index < -0.39 is 11.7 Å². The molecule has 2 rings (SSSR count). The van der Waals surface area contributed by atoms with Crippen LogP contribution in [0.5, 0.6) is 0 Å². The van der Waals surface area contributed by atoms with Crippen molar-refractivity contribution in [3.05, 3.63) is 23.5 Å². The molecule has 1 aromatic rings. The predicted molar refractivity (Wildman–Crippen MR) is 82.9 cm³/mol. The van der Waals surface area contributed by atoms with Crippen LogP contribution < -0.4 is 0 Å². The minimum absolute atomic E-state index is 0.187. The zero-order valence-corrected chi connectivity index (χ0v) is 14.3. The van der Waals surface area contributed by atoms with Gasteiger partial charge in [-0.25, -0.2) is 4.68 Å². The molecule has 0 aliphatic carbocycles. The lowest BCUT2D eigenvalue weighted by atomic mass is 10.0. The van der Waals surface area contributed by atoms with Crippen LogP contribution in [0.15, 0.2) is 17.7 Å². The second-order valence-electron chi connectivity index (χ2n) is 6.32. The molecular formula is C15H22F3N5O. The standard InChI is InChI=1S/C15H22F3N5O/c1-5-12(15(16,17)18)8-11(2)23-13(19-20-21-23)9-22-6-7-24-10-14(22,3)4/h5,8H,6-7,9-10H2,1-4H3. The van der Waals surface area contributed by atoms with Gasteiger partial charge in [-0.3, -0.25) is 4.90 Å². The van der Waals surface area contributed by atoms with Gasteiger partial charge in [-0.2, -0.15) is 13.2 Å². The van der Waals surface area contributed by atoms with Crippen LogP contribution in [0.3, 0.4) is 0 Å². The highest BCUT2D eigenvalue weighted by atomic mass is 19.4. The summed E-state index contributed by atoms with van der Waals surface area (Å²) < 4.78 is 45.5. The summed E-state index contributed by atoms with van der Waals surface area (Å²) in [6.07, 6.45) is -2.33. The first-order valence-corrected chi connectivity index (χ1v) is 7.67. The highest BCUT2D eigenvalue weighted by Crippen LogP contribution is 2.28. The smallest absolute Gasteiger partial charge is 0.378 e. The number of allylic oxidation sites excluding steroid dienone is 4. The van der Waals surface area contributed by atoms with E-state index in [0.29, 0.717) is 37.8 Å². The molecule has 1 aliphatic heterocycles. The number of nitrogens with zero attached hydrogens (tertiary/aromatic N) is 5. The Kier molecular flexibility index (Phi) is 5.44. The summed E-state index contributed by atoms with van der Waals surface area (Å²) in [5.74, 6) is 0.497. The summed E-state index contributed by atoms with van der Waals surface area (Å²) in [5, 5.41) is 11.4. The van der Waals surface area contributed by atoms with E-state index in [1.165, 1.54) is 11.6 Å². The maximum atomic E-state index is 12.9. The van der Waals surface area contributed by atoms with E-state index in [1.54, 1.807) is 6.92 Å². The Bertz CT molecular complexity index is 633. The van der Waals surface area contributed by atoms with Crippen molar-refractivity contribution in [3.8, 4) is 0 Å². The van der Waals surface area contributed by atoms with Crippen LogP contribution in [-0.2, 0) is 11.3 Å². The van der Waals surface area contributed by atoms with Crippen molar-refractivity contribution in [2.45, 2.75) is 46.0 Å². The SMILES string of the molecule is CC=C(C=C(C)n1nnnc1CN1CCOCC1(C)C)C(F)(F)F. The van der Waals surface area contributed by atoms with Crippen molar-refractivity contribution in [1.82, 2.24) is 25.1 Å². The molecule has 0 unspecified atom stereocenters. The highest BCUT2D eigenvalue weighted by molar-refractivity contribution is 5.49. The first-order chi connectivity index (χ1) is 11.1. The molecule has 9 heteroatoms. The average molecular weight is 345 g/mol. The van der Waals surface area contributed by atoms with Crippen molar-refractivity contribution in [2.75, 3.05) is 19.8 Å². The van der Waals surface area contributed by atoms with Gasteiger partial charge in [0.15, 0.2) is 5.82 Å². The van der Waals surface area contributed by atoms with Crippen molar-refractivity contribution in [3.63, 3.8) is 0 Å². The van der Waals surface area contributed by atoms with Crippen molar-refractivity contribution >= 4 is 5.70 Å². The van der Waals surface area contributed by atoms with E-state index in [4.69, 9.17) is 4.74 Å². The third kappa shape index (κ3) is 4.21. The molecule has 0 spiro atoms. The molecule has 0 atom stereocenters. The number of halogens is 3. The second-order valence-corrected chi connectivity index (χ2v) is 6.32. The fourth-order valence-electron chi connectivity index (χ4n) is 2.55. The number of ether oxygens (including phenoxy) is 1. The summed E-state index contributed by atoms with van der Waals surface area (Å²) in [7, 11) is 0. The number of alkyl halides is 3. The first kappa shape index (κ1) is 18.6. The Morgan fingerprint density at radius 2 is 2.08 bits per heavy atom. The van der Waals surface area contributed by atoms with Gasteiger partial charge >= 0.3 is 6.18 Å². The summed E-state index contributed by atoms with van der Waals surface area (Å²) in [5.41, 5.74) is -0.604. The van der Waals surface area contributed by atoms with E-state index in [2.05, 4.69) is 20.4 Å². The molecule has 24 heavy (non-hydrogen) atoms. The highest BCUT2D eigenvalue weighted by Gasteiger charge is 2.33. The van der Waals surface area contributed by atoms with Gasteiger partial charge in [-0.15, -0.1) is 5.10 Å². The fraction of sp³-hybridized carbons (Fsp3) is 0.667. The Hall–Kier alpha value is -1.74. The number of hydrogen-bond acceptors (Lipinski definition) is 5. The third-order valence-corrected chi connectivity index (χ3v) is 4.02. The zero-order chi connectivity index (χ0) is 18.0. The van der Waals surface area contributed by atoms with E-state index in [-0.39, 0.29) is 5.54 Å². The van der Waals surface area contributed by atoms with Crippen molar-refractivity contribution in [2.24, 2.45) is 0 Å². The monoisotopic (exact) mass is 345 g/mol. The third-order valence-electron chi connectivity index (χ3n) is 4.02. The van der Waals surface area contributed by atoms with Gasteiger partial charge < -0.3 is 4.74 Å². The minimum Gasteiger partial charge on any atom is -0.378 e. The Morgan fingerprint density at radius 3 is 2.67 bits per heavy atom. The van der Waals surface area contributed by atoms with Crippen molar-refractivity contribution < 1.29 is 17.9 Å². The average Bonchev–Trinajstić information content (AvgIpc) is 2.93. The maximum Gasteiger partial charge on any atom is 0.416 e. The van der Waals surface area contributed by atoms with Gasteiger partial charge in [0.25, 0.3) is 0 Å². The van der Waals surface area contributed by atoms with E-state index in [0.717, 1.165) is 12.2 Å². The second kappa shape index (κ2) is 7.02. The van der Waals surface area contributed by atoms with Gasteiger partial charge in [0, 0.05) is 17.8 Å². The molecular weight excluding hydrogens is 323 g/mol. The largest absolute Gasteiger partial charge is 0.416 e.